The topological polar surface area (TPSA) is 82.9 Å². The Labute approximate surface area is 337 Å². The van der Waals surface area contributed by atoms with Gasteiger partial charge >= 0.3 is 66.1 Å². The van der Waals surface area contributed by atoms with Gasteiger partial charge in [-0.25, -0.2) is 19.4 Å². The van der Waals surface area contributed by atoms with E-state index in [9.17, 15) is 79.7 Å². The molecule has 3 rings (SSSR count). The van der Waals surface area contributed by atoms with Gasteiger partial charge in [0.15, 0.2) is 11.9 Å². The molecule has 1 unspecified atom stereocenters. The van der Waals surface area contributed by atoms with Crippen LogP contribution in [0, 0.1) is 0 Å². The van der Waals surface area contributed by atoms with E-state index in [-0.39, 0.29) is 24.2 Å². The molecule has 63 heavy (non-hydrogen) atoms. The Bertz CT molecular complexity index is 1850. The van der Waals surface area contributed by atoms with Crippen molar-refractivity contribution in [2.45, 2.75) is 130 Å². The number of fused-ring (bicyclic) bond motifs is 2. The summed E-state index contributed by atoms with van der Waals surface area (Å²) in [6.07, 6.45) is -43.0. The van der Waals surface area contributed by atoms with E-state index in [0.29, 0.717) is 25.3 Å². The molecule has 1 aliphatic rings. The fourth-order valence-electron chi connectivity index (χ4n) is 5.44. The summed E-state index contributed by atoms with van der Waals surface area (Å²) >= 11 is 0. The fraction of sp³-hybridized carbons (Fsp3) is 0.697. The number of aryl methyl sites for hydroxylation is 1. The number of hydrogen-bond donors (Lipinski definition) is 1. The Kier molecular flexibility index (Phi) is 15.3. The Hall–Kier alpha value is -3.67. The summed E-state index contributed by atoms with van der Waals surface area (Å²) in [7, 11) is 0. The smallest absolute Gasteiger partial charge is 0.460 e. The number of benzene rings is 1. The van der Waals surface area contributed by atoms with Crippen LogP contribution in [0.4, 0.5) is 101 Å². The maximum absolute atomic E-state index is 16.0. The Morgan fingerprint density at radius 1 is 0.587 bits per heavy atom. The van der Waals surface area contributed by atoms with Crippen LogP contribution < -0.4 is 4.74 Å². The first-order valence-corrected chi connectivity index (χ1v) is 17.4. The van der Waals surface area contributed by atoms with E-state index in [1.165, 1.54) is 15.5 Å². The van der Waals surface area contributed by atoms with Crippen LogP contribution in [-0.2, 0) is 20.6 Å². The number of aromatic nitrogens is 2. The highest BCUT2D eigenvalue weighted by Crippen LogP contribution is 2.62. The number of unbranched alkanes of at least 4 members (excludes halogenated alkanes) is 5. The van der Waals surface area contributed by atoms with Crippen molar-refractivity contribution in [2.75, 3.05) is 13.2 Å². The lowest BCUT2D eigenvalue weighted by Crippen LogP contribution is -2.70. The van der Waals surface area contributed by atoms with Gasteiger partial charge in [0, 0.05) is 12.4 Å². The summed E-state index contributed by atoms with van der Waals surface area (Å²) in [6, 6.07) is 2.51. The van der Waals surface area contributed by atoms with Gasteiger partial charge in [0.2, 0.25) is 0 Å². The molecule has 30 heteroatoms. The van der Waals surface area contributed by atoms with Gasteiger partial charge in [-0.15, -0.1) is 0 Å². The lowest BCUT2D eigenvalue weighted by Gasteiger charge is -2.42. The van der Waals surface area contributed by atoms with E-state index in [0.717, 1.165) is 24.9 Å². The van der Waals surface area contributed by atoms with Gasteiger partial charge in [0.25, 0.3) is 0 Å². The van der Waals surface area contributed by atoms with Gasteiger partial charge in [0.1, 0.15) is 18.5 Å². The maximum atomic E-state index is 16.0. The van der Waals surface area contributed by atoms with Crippen molar-refractivity contribution in [2.24, 2.45) is 0 Å². The molecule has 362 valence electrons. The van der Waals surface area contributed by atoms with Crippen molar-refractivity contribution >= 4 is 0 Å². The summed E-state index contributed by atoms with van der Waals surface area (Å²) < 4.78 is 336. The van der Waals surface area contributed by atoms with Crippen LogP contribution in [0.25, 0.3) is 11.4 Å². The van der Waals surface area contributed by atoms with E-state index in [1.54, 1.807) is 0 Å². The molecule has 0 saturated heterocycles. The molecule has 1 aromatic heterocycles. The van der Waals surface area contributed by atoms with Crippen molar-refractivity contribution in [1.82, 2.24) is 9.97 Å². The van der Waals surface area contributed by atoms with E-state index >= 15 is 26.3 Å². The highest BCUT2D eigenvalue weighted by Gasteiger charge is 2.90. The zero-order valence-corrected chi connectivity index (χ0v) is 31.1. The summed E-state index contributed by atoms with van der Waals surface area (Å²) in [5, 5.41) is 10.2. The van der Waals surface area contributed by atoms with E-state index in [1.807, 2.05) is 6.92 Å². The van der Waals surface area contributed by atoms with Crippen molar-refractivity contribution < 1.29 is 125 Å². The van der Waals surface area contributed by atoms with E-state index < -0.39 is 115 Å². The Morgan fingerprint density at radius 2 is 1.06 bits per heavy atom. The predicted octanol–water partition coefficient (Wildman–Crippen LogP) is 11.6. The quantitative estimate of drug-likeness (QED) is 0.105. The van der Waals surface area contributed by atoms with E-state index in [4.69, 9.17) is 4.74 Å². The predicted molar refractivity (Wildman–Crippen MR) is 162 cm³/mol. The monoisotopic (exact) mass is 970 g/mol. The molecular weight excluding hydrogens is 941 g/mol. The van der Waals surface area contributed by atoms with Gasteiger partial charge in [-0.2, -0.15) is 101 Å². The molecule has 1 aliphatic heterocycles. The first kappa shape index (κ1) is 53.7. The maximum Gasteiger partial charge on any atom is 0.460 e. The number of alkyl halides is 23. The van der Waals surface area contributed by atoms with Gasteiger partial charge in [-0.05, 0) is 42.2 Å². The van der Waals surface area contributed by atoms with Crippen LogP contribution in [0.2, 0.25) is 0 Å². The molecule has 0 radical (unpaired) electrons. The molecule has 1 aromatic carbocycles. The summed E-state index contributed by atoms with van der Waals surface area (Å²) in [4.78, 5) is 7.77. The number of rotatable bonds is 20. The first-order valence-electron chi connectivity index (χ1n) is 17.4. The Balaban J connectivity index is 2.12. The van der Waals surface area contributed by atoms with Crippen LogP contribution in [0.1, 0.15) is 62.7 Å². The highest BCUT2D eigenvalue weighted by molar-refractivity contribution is 5.67. The standard InChI is InChI=1S/C33H29F23N2O5/c1-2-3-4-5-6-7-9-16-12-19(22-57-10-8-11-58-22)20-13-18(16)21(61-15-17(59)14-60-20)23(34,35)24(36,37)25(38,39)27(42,43)30(49,50)62-32(53,54)33(55,56)63-31(51,52)28(44,45)26(40,41)29(46,47)48/h8,10-13,17,21,59H,2-7,9,14-15H2,1H3/t17-,21?/m1/s1. The van der Waals surface area contributed by atoms with E-state index in [2.05, 4.69) is 14.7 Å². The van der Waals surface area contributed by atoms with Crippen LogP contribution >= 0.6 is 0 Å². The Morgan fingerprint density at radius 3 is 1.56 bits per heavy atom. The molecule has 1 N–H and O–H groups in total. The lowest BCUT2D eigenvalue weighted by atomic mass is 9.87. The largest absolute Gasteiger partial charge is 0.490 e. The average molecular weight is 971 g/mol. The number of hydrogen-bond acceptors (Lipinski definition) is 7. The fourth-order valence-corrected chi connectivity index (χ4v) is 5.44. The van der Waals surface area contributed by atoms with Crippen molar-refractivity contribution in [1.29, 1.82) is 0 Å². The molecule has 2 aromatic rings. The van der Waals surface area contributed by atoms with Gasteiger partial charge in [-0.3, -0.25) is 0 Å². The van der Waals surface area contributed by atoms with Gasteiger partial charge in [-0.1, -0.05) is 39.0 Å². The third-order valence-electron chi connectivity index (χ3n) is 8.89. The zero-order chi connectivity index (χ0) is 48.7. The minimum absolute atomic E-state index is 0.0298. The van der Waals surface area contributed by atoms with Crippen LogP contribution in [0.15, 0.2) is 30.6 Å². The highest BCUT2D eigenvalue weighted by atomic mass is 19.4. The number of aliphatic hydroxyl groups is 1. The molecule has 0 saturated carbocycles. The van der Waals surface area contributed by atoms with Gasteiger partial charge < -0.3 is 14.6 Å². The van der Waals surface area contributed by atoms with Crippen molar-refractivity contribution in [3.05, 3.63) is 41.7 Å². The molecule has 0 fully saturated rings. The minimum atomic E-state index is -8.70. The molecule has 2 atom stereocenters. The third kappa shape index (κ3) is 9.96. The molecular formula is C33H29F23N2O5. The second-order valence-electron chi connectivity index (χ2n) is 13.6. The summed E-state index contributed by atoms with van der Waals surface area (Å²) in [5.74, 6) is -50.1. The molecule has 2 bridgehead atoms. The van der Waals surface area contributed by atoms with Crippen LogP contribution in [0.5, 0.6) is 5.75 Å². The third-order valence-corrected chi connectivity index (χ3v) is 8.89. The lowest BCUT2D eigenvalue weighted by molar-refractivity contribution is -0.559. The molecule has 0 amide bonds. The number of aliphatic hydroxyl groups excluding tert-OH is 1. The normalized spacial score (nSPS) is 18.4. The summed E-state index contributed by atoms with van der Waals surface area (Å²) in [5.41, 5.74) is -2.18. The number of halogens is 23. The molecule has 2 heterocycles. The SMILES string of the molecule is CCCCCCCCc1cc(-c2ncccn2)c2cc1C(C(F)(F)C(F)(F)C(F)(F)C(F)(F)C(F)(F)OC(F)(F)C(F)(F)OC(F)(F)C(F)(F)C(F)(F)C(F)(F)F)OC[C@H](O)CO2. The number of nitrogens with zero attached hydrogens (tertiary/aromatic N) is 2. The van der Waals surface area contributed by atoms with Gasteiger partial charge in [0.05, 0.1) is 12.2 Å². The minimum Gasteiger partial charge on any atom is -0.490 e. The molecule has 0 aliphatic carbocycles. The van der Waals surface area contributed by atoms with Crippen molar-refractivity contribution in [3.63, 3.8) is 0 Å². The molecule has 0 spiro atoms. The first-order chi connectivity index (χ1) is 28.3. The van der Waals surface area contributed by atoms with Crippen LogP contribution in [-0.4, -0.2) is 101 Å². The number of ether oxygens (including phenoxy) is 4. The second kappa shape index (κ2) is 18.0. The van der Waals surface area contributed by atoms with Crippen LogP contribution in [0.3, 0.4) is 0 Å². The zero-order valence-electron chi connectivity index (χ0n) is 31.1. The second-order valence-corrected chi connectivity index (χ2v) is 13.6. The van der Waals surface area contributed by atoms with Crippen molar-refractivity contribution in [3.8, 4) is 17.1 Å². The average Bonchev–Trinajstić information content (AvgIpc) is 3.20. The summed E-state index contributed by atoms with van der Waals surface area (Å²) in [6.45, 7) is -0.791. The molecule has 7 nitrogen and oxygen atoms in total.